The molecule has 2 aromatic carbocycles. The number of amides is 1. The van der Waals surface area contributed by atoms with Crippen molar-refractivity contribution in [2.24, 2.45) is 0 Å². The Bertz CT molecular complexity index is 899. The molecule has 3 nitrogen and oxygen atoms in total. The summed E-state index contributed by atoms with van der Waals surface area (Å²) in [4.78, 5) is 17.5. The van der Waals surface area contributed by atoms with Gasteiger partial charge in [-0.15, -0.1) is 0 Å². The van der Waals surface area contributed by atoms with Gasteiger partial charge in [-0.05, 0) is 74.7 Å². The number of rotatable bonds is 5. The molecular formula is C22H24N2OS2. The van der Waals surface area contributed by atoms with Crippen LogP contribution in [-0.4, -0.2) is 23.3 Å². The summed E-state index contributed by atoms with van der Waals surface area (Å²) in [7, 11) is 0. The van der Waals surface area contributed by atoms with Crippen LogP contribution < -0.4 is 9.80 Å². The van der Waals surface area contributed by atoms with Gasteiger partial charge in [-0.3, -0.25) is 9.69 Å². The van der Waals surface area contributed by atoms with Gasteiger partial charge in [0.05, 0.1) is 10.6 Å². The number of anilines is 2. The third-order valence-corrected chi connectivity index (χ3v) is 6.16. The van der Waals surface area contributed by atoms with Crippen molar-refractivity contribution in [3.8, 4) is 0 Å². The molecule has 0 aromatic heterocycles. The molecule has 0 N–H and O–H groups in total. The van der Waals surface area contributed by atoms with Crippen LogP contribution in [0, 0.1) is 13.8 Å². The number of hydrogen-bond donors (Lipinski definition) is 0. The molecule has 1 saturated heterocycles. The second-order valence-corrected chi connectivity index (χ2v) is 8.23. The van der Waals surface area contributed by atoms with Gasteiger partial charge in [0, 0.05) is 18.8 Å². The first kappa shape index (κ1) is 19.6. The van der Waals surface area contributed by atoms with Crippen molar-refractivity contribution in [2.75, 3.05) is 22.9 Å². The van der Waals surface area contributed by atoms with Gasteiger partial charge < -0.3 is 4.90 Å². The quantitative estimate of drug-likeness (QED) is 0.488. The lowest BCUT2D eigenvalue weighted by Gasteiger charge is -2.20. The fourth-order valence-electron chi connectivity index (χ4n) is 3.08. The van der Waals surface area contributed by atoms with E-state index in [4.69, 9.17) is 12.2 Å². The van der Waals surface area contributed by atoms with Crippen LogP contribution >= 0.6 is 24.0 Å². The number of thioether (sulfide) groups is 1. The maximum absolute atomic E-state index is 12.9. The SMILES string of the molecule is CCN(CC)c1ccc(/C=C2\SC(=S)N(c3ccc(C)c(C)c3)C2=O)cc1. The summed E-state index contributed by atoms with van der Waals surface area (Å²) in [6.07, 6.45) is 1.92. The molecule has 5 heteroatoms. The molecule has 27 heavy (non-hydrogen) atoms. The zero-order chi connectivity index (χ0) is 19.6. The lowest BCUT2D eigenvalue weighted by Crippen LogP contribution is -2.27. The molecule has 1 fully saturated rings. The largest absolute Gasteiger partial charge is 0.372 e. The first-order chi connectivity index (χ1) is 12.9. The molecule has 2 aromatic rings. The molecule has 0 spiro atoms. The van der Waals surface area contributed by atoms with Crippen molar-refractivity contribution in [2.45, 2.75) is 27.7 Å². The zero-order valence-corrected chi connectivity index (χ0v) is 17.8. The summed E-state index contributed by atoms with van der Waals surface area (Å²) in [6.45, 7) is 10.4. The van der Waals surface area contributed by atoms with Crippen LogP contribution in [0.5, 0.6) is 0 Å². The third-order valence-electron chi connectivity index (χ3n) is 4.86. The van der Waals surface area contributed by atoms with Crippen LogP contribution in [0.25, 0.3) is 6.08 Å². The predicted octanol–water partition coefficient (Wildman–Crippen LogP) is 5.56. The Hall–Kier alpha value is -2.11. The van der Waals surface area contributed by atoms with Crippen molar-refractivity contribution < 1.29 is 4.79 Å². The van der Waals surface area contributed by atoms with Gasteiger partial charge in [0.2, 0.25) is 0 Å². The van der Waals surface area contributed by atoms with Crippen molar-refractivity contribution in [3.05, 3.63) is 64.1 Å². The maximum atomic E-state index is 12.9. The molecule has 3 rings (SSSR count). The highest BCUT2D eigenvalue weighted by molar-refractivity contribution is 8.27. The minimum atomic E-state index is -0.0546. The summed E-state index contributed by atoms with van der Waals surface area (Å²) in [5, 5.41) is 0. The van der Waals surface area contributed by atoms with Crippen LogP contribution in [0.1, 0.15) is 30.5 Å². The summed E-state index contributed by atoms with van der Waals surface area (Å²) in [5.41, 5.74) is 5.39. The van der Waals surface area contributed by atoms with Crippen molar-refractivity contribution >= 4 is 51.7 Å². The van der Waals surface area contributed by atoms with Crippen molar-refractivity contribution in [3.63, 3.8) is 0 Å². The highest BCUT2D eigenvalue weighted by Crippen LogP contribution is 2.36. The first-order valence-corrected chi connectivity index (χ1v) is 10.4. The Kier molecular flexibility index (Phi) is 6.02. The van der Waals surface area contributed by atoms with Gasteiger partial charge in [-0.25, -0.2) is 0 Å². The van der Waals surface area contributed by atoms with E-state index in [1.54, 1.807) is 4.90 Å². The van der Waals surface area contributed by atoms with E-state index in [2.05, 4.69) is 49.9 Å². The normalized spacial score (nSPS) is 15.7. The van der Waals surface area contributed by atoms with Gasteiger partial charge in [-0.1, -0.05) is 42.2 Å². The molecule has 0 saturated carbocycles. The lowest BCUT2D eigenvalue weighted by molar-refractivity contribution is -0.113. The van der Waals surface area contributed by atoms with E-state index in [0.29, 0.717) is 9.23 Å². The summed E-state index contributed by atoms with van der Waals surface area (Å²) < 4.78 is 0.578. The van der Waals surface area contributed by atoms with Crippen LogP contribution in [0.15, 0.2) is 47.4 Å². The maximum Gasteiger partial charge on any atom is 0.270 e. The number of benzene rings is 2. The van der Waals surface area contributed by atoms with E-state index in [0.717, 1.165) is 29.9 Å². The van der Waals surface area contributed by atoms with E-state index in [1.807, 2.05) is 31.2 Å². The Morgan fingerprint density at radius 3 is 2.30 bits per heavy atom. The second-order valence-electron chi connectivity index (χ2n) is 6.55. The average molecular weight is 397 g/mol. The van der Waals surface area contributed by atoms with E-state index >= 15 is 0 Å². The van der Waals surface area contributed by atoms with Crippen molar-refractivity contribution in [1.29, 1.82) is 0 Å². The van der Waals surface area contributed by atoms with Gasteiger partial charge >= 0.3 is 0 Å². The van der Waals surface area contributed by atoms with Crippen LogP contribution in [0.2, 0.25) is 0 Å². The predicted molar refractivity (Wildman–Crippen MR) is 122 cm³/mol. The Morgan fingerprint density at radius 2 is 1.70 bits per heavy atom. The first-order valence-electron chi connectivity index (χ1n) is 9.14. The standard InChI is InChI=1S/C22H24N2OS2/c1-5-23(6-2)18-11-8-17(9-12-18)14-20-21(25)24(22(26)27-20)19-10-7-15(3)16(4)13-19/h7-14H,5-6H2,1-4H3/b20-14-. The molecule has 0 unspecified atom stereocenters. The second kappa shape index (κ2) is 8.28. The molecule has 0 atom stereocenters. The Balaban J connectivity index is 1.84. The minimum absolute atomic E-state index is 0.0546. The van der Waals surface area contributed by atoms with Crippen LogP contribution in [-0.2, 0) is 4.79 Å². The van der Waals surface area contributed by atoms with Crippen LogP contribution in [0.3, 0.4) is 0 Å². The van der Waals surface area contributed by atoms with Gasteiger partial charge in [-0.2, -0.15) is 0 Å². The molecule has 140 valence electrons. The smallest absolute Gasteiger partial charge is 0.270 e. The zero-order valence-electron chi connectivity index (χ0n) is 16.2. The number of aryl methyl sites for hydroxylation is 2. The number of carbonyl (C=O) groups excluding carboxylic acids is 1. The highest BCUT2D eigenvalue weighted by Gasteiger charge is 2.33. The summed E-state index contributed by atoms with van der Waals surface area (Å²) in [6, 6.07) is 14.3. The van der Waals surface area contributed by atoms with E-state index < -0.39 is 0 Å². The molecule has 0 aliphatic carbocycles. The Morgan fingerprint density at radius 1 is 1.04 bits per heavy atom. The lowest BCUT2D eigenvalue weighted by atomic mass is 10.1. The van der Waals surface area contributed by atoms with Crippen molar-refractivity contribution in [1.82, 2.24) is 0 Å². The van der Waals surface area contributed by atoms with E-state index in [9.17, 15) is 4.79 Å². The monoisotopic (exact) mass is 396 g/mol. The van der Waals surface area contributed by atoms with Crippen LogP contribution in [0.4, 0.5) is 11.4 Å². The average Bonchev–Trinajstić information content (AvgIpc) is 2.93. The fraction of sp³-hybridized carbons (Fsp3) is 0.273. The molecule has 1 heterocycles. The molecule has 1 aliphatic heterocycles. The Labute approximate surface area is 171 Å². The molecular weight excluding hydrogens is 372 g/mol. The molecule has 1 aliphatic rings. The van der Waals surface area contributed by atoms with Gasteiger partial charge in [0.1, 0.15) is 0 Å². The summed E-state index contributed by atoms with van der Waals surface area (Å²) >= 11 is 6.84. The molecule has 0 bridgehead atoms. The van der Waals surface area contributed by atoms with Gasteiger partial charge in [0.25, 0.3) is 5.91 Å². The third kappa shape index (κ3) is 4.09. The molecule has 0 radical (unpaired) electrons. The number of nitrogens with zero attached hydrogens (tertiary/aromatic N) is 2. The number of hydrogen-bond acceptors (Lipinski definition) is 4. The van der Waals surface area contributed by atoms with E-state index in [1.165, 1.54) is 23.0 Å². The summed E-state index contributed by atoms with van der Waals surface area (Å²) in [5.74, 6) is -0.0546. The van der Waals surface area contributed by atoms with E-state index in [-0.39, 0.29) is 5.91 Å². The minimum Gasteiger partial charge on any atom is -0.372 e. The highest BCUT2D eigenvalue weighted by atomic mass is 32.2. The number of carbonyl (C=O) groups is 1. The fourth-order valence-corrected chi connectivity index (χ4v) is 4.38. The molecule has 1 amide bonds. The number of thiocarbonyl (C=S) groups is 1. The van der Waals surface area contributed by atoms with Gasteiger partial charge in [0.15, 0.2) is 4.32 Å². The topological polar surface area (TPSA) is 23.6 Å².